The van der Waals surface area contributed by atoms with Gasteiger partial charge >= 0.3 is 0 Å². The van der Waals surface area contributed by atoms with Crippen LogP contribution in [0.2, 0.25) is 0 Å². The molecule has 0 saturated heterocycles. The van der Waals surface area contributed by atoms with E-state index >= 15 is 0 Å². The quantitative estimate of drug-likeness (QED) is 0.661. The molecule has 2 rings (SSSR count). The first kappa shape index (κ1) is 19.7. The molecule has 1 amide bonds. The standard InChI is InChI=1S/C20H28BrN3O/c1-5-14(3)16-7-9-17(10-8-16)19(6-2)23-20(25)11-12-24-15(4)18(21)13-22-24/h7-10,13-14,19H,5-6,11-12H2,1-4H3,(H,23,25). The van der Waals surface area contributed by atoms with E-state index in [1.165, 1.54) is 11.1 Å². The van der Waals surface area contributed by atoms with Crippen molar-refractivity contribution < 1.29 is 4.79 Å². The zero-order valence-corrected chi connectivity index (χ0v) is 17.1. The smallest absolute Gasteiger partial charge is 0.222 e. The highest BCUT2D eigenvalue weighted by Gasteiger charge is 2.14. The van der Waals surface area contributed by atoms with Gasteiger partial charge in [-0.05, 0) is 52.7 Å². The van der Waals surface area contributed by atoms with Gasteiger partial charge in [0.25, 0.3) is 0 Å². The lowest BCUT2D eigenvalue weighted by Gasteiger charge is -2.19. The predicted molar refractivity (Wildman–Crippen MR) is 106 cm³/mol. The number of halogens is 1. The molecule has 2 aromatic rings. The highest BCUT2D eigenvalue weighted by Crippen LogP contribution is 2.23. The molecule has 1 N–H and O–H groups in total. The number of carbonyl (C=O) groups is 1. The van der Waals surface area contributed by atoms with Crippen LogP contribution in [0.3, 0.4) is 0 Å². The van der Waals surface area contributed by atoms with Gasteiger partial charge in [-0.15, -0.1) is 0 Å². The van der Waals surface area contributed by atoms with E-state index in [0.717, 1.165) is 23.0 Å². The third-order valence-electron chi connectivity index (χ3n) is 4.86. The van der Waals surface area contributed by atoms with Crippen molar-refractivity contribution in [1.82, 2.24) is 15.1 Å². The van der Waals surface area contributed by atoms with E-state index in [0.29, 0.717) is 18.9 Å². The summed E-state index contributed by atoms with van der Waals surface area (Å²) in [6, 6.07) is 8.71. The molecule has 0 aliphatic carbocycles. The molecule has 1 heterocycles. The molecule has 25 heavy (non-hydrogen) atoms. The van der Waals surface area contributed by atoms with E-state index in [2.05, 4.69) is 71.4 Å². The van der Waals surface area contributed by atoms with Crippen LogP contribution in [0, 0.1) is 6.92 Å². The summed E-state index contributed by atoms with van der Waals surface area (Å²) < 4.78 is 2.83. The summed E-state index contributed by atoms with van der Waals surface area (Å²) >= 11 is 3.44. The van der Waals surface area contributed by atoms with Gasteiger partial charge in [-0.1, -0.05) is 45.0 Å². The van der Waals surface area contributed by atoms with Crippen LogP contribution in [0.25, 0.3) is 0 Å². The average Bonchev–Trinajstić information content (AvgIpc) is 2.96. The van der Waals surface area contributed by atoms with E-state index < -0.39 is 0 Å². The van der Waals surface area contributed by atoms with Crippen LogP contribution in [-0.4, -0.2) is 15.7 Å². The third kappa shape index (κ3) is 5.18. The Bertz CT molecular complexity index is 693. The molecule has 4 nitrogen and oxygen atoms in total. The second-order valence-electron chi connectivity index (χ2n) is 6.56. The Labute approximate surface area is 159 Å². The van der Waals surface area contributed by atoms with Gasteiger partial charge in [0.1, 0.15) is 0 Å². The molecule has 0 saturated carbocycles. The fourth-order valence-corrected chi connectivity index (χ4v) is 3.13. The molecular weight excluding hydrogens is 378 g/mol. The molecule has 0 aliphatic rings. The van der Waals surface area contributed by atoms with Gasteiger partial charge in [0.15, 0.2) is 0 Å². The van der Waals surface area contributed by atoms with Crippen molar-refractivity contribution in [2.75, 3.05) is 0 Å². The van der Waals surface area contributed by atoms with Crippen molar-refractivity contribution in [3.63, 3.8) is 0 Å². The van der Waals surface area contributed by atoms with Crippen LogP contribution in [-0.2, 0) is 11.3 Å². The van der Waals surface area contributed by atoms with Crippen molar-refractivity contribution in [1.29, 1.82) is 0 Å². The van der Waals surface area contributed by atoms with Crippen molar-refractivity contribution in [3.05, 3.63) is 51.8 Å². The molecular formula is C20H28BrN3O. The predicted octanol–water partition coefficient (Wildman–Crippen LogP) is 5.13. The Morgan fingerprint density at radius 3 is 2.36 bits per heavy atom. The molecule has 5 heteroatoms. The minimum Gasteiger partial charge on any atom is -0.349 e. The SMILES string of the molecule is CCC(C)c1ccc(C(CC)NC(=O)CCn2ncc(Br)c2C)cc1. The van der Waals surface area contributed by atoms with Gasteiger partial charge in [-0.3, -0.25) is 9.48 Å². The largest absolute Gasteiger partial charge is 0.349 e. The topological polar surface area (TPSA) is 46.9 Å². The summed E-state index contributed by atoms with van der Waals surface area (Å²) in [7, 11) is 0. The van der Waals surface area contributed by atoms with Crippen molar-refractivity contribution in [3.8, 4) is 0 Å². The number of nitrogens with one attached hydrogen (secondary N) is 1. The number of aryl methyl sites for hydroxylation is 1. The van der Waals surface area contributed by atoms with Crippen LogP contribution >= 0.6 is 15.9 Å². The van der Waals surface area contributed by atoms with Gasteiger partial charge in [0.05, 0.1) is 16.7 Å². The van der Waals surface area contributed by atoms with Crippen LogP contribution in [0.15, 0.2) is 34.9 Å². The lowest BCUT2D eigenvalue weighted by Crippen LogP contribution is -2.29. The first-order chi connectivity index (χ1) is 12.0. The molecule has 136 valence electrons. The highest BCUT2D eigenvalue weighted by molar-refractivity contribution is 9.10. The van der Waals surface area contributed by atoms with Gasteiger partial charge < -0.3 is 5.32 Å². The third-order valence-corrected chi connectivity index (χ3v) is 5.64. The minimum atomic E-state index is 0.0591. The number of benzene rings is 1. The lowest BCUT2D eigenvalue weighted by atomic mass is 9.95. The van der Waals surface area contributed by atoms with Crippen molar-refractivity contribution in [2.45, 2.75) is 65.5 Å². The van der Waals surface area contributed by atoms with E-state index in [1.807, 2.05) is 11.6 Å². The van der Waals surface area contributed by atoms with E-state index in [9.17, 15) is 4.79 Å². The van der Waals surface area contributed by atoms with Crippen molar-refractivity contribution in [2.24, 2.45) is 0 Å². The number of rotatable bonds is 8. The number of nitrogens with zero attached hydrogens (tertiary/aromatic N) is 2. The first-order valence-electron chi connectivity index (χ1n) is 9.03. The first-order valence-corrected chi connectivity index (χ1v) is 9.82. The molecule has 0 bridgehead atoms. The van der Waals surface area contributed by atoms with E-state index in [-0.39, 0.29) is 11.9 Å². The Balaban J connectivity index is 1.94. The van der Waals surface area contributed by atoms with Gasteiger partial charge in [-0.2, -0.15) is 5.10 Å². The molecule has 1 aromatic carbocycles. The van der Waals surface area contributed by atoms with Gasteiger partial charge in [0, 0.05) is 18.7 Å². The number of aromatic nitrogens is 2. The number of carbonyl (C=O) groups excluding carboxylic acids is 1. The fourth-order valence-electron chi connectivity index (χ4n) is 2.84. The second-order valence-corrected chi connectivity index (χ2v) is 7.41. The minimum absolute atomic E-state index is 0.0591. The summed E-state index contributed by atoms with van der Waals surface area (Å²) in [5.41, 5.74) is 3.56. The average molecular weight is 406 g/mol. The summed E-state index contributed by atoms with van der Waals surface area (Å²) in [5.74, 6) is 0.629. The molecule has 0 fully saturated rings. The monoisotopic (exact) mass is 405 g/mol. The second kappa shape index (κ2) is 9.18. The normalized spacial score (nSPS) is 13.5. The zero-order valence-electron chi connectivity index (χ0n) is 15.6. The Hall–Kier alpha value is -1.62. The maximum absolute atomic E-state index is 12.3. The Kier molecular flexibility index (Phi) is 7.24. The molecule has 1 aromatic heterocycles. The Morgan fingerprint density at radius 2 is 1.84 bits per heavy atom. The Morgan fingerprint density at radius 1 is 1.20 bits per heavy atom. The van der Waals surface area contributed by atoms with Crippen LogP contribution in [0.4, 0.5) is 0 Å². The molecule has 0 aliphatic heterocycles. The molecule has 0 radical (unpaired) electrons. The maximum atomic E-state index is 12.3. The summed E-state index contributed by atoms with van der Waals surface area (Å²) in [6.07, 6.45) is 4.20. The number of hydrogen-bond donors (Lipinski definition) is 1. The molecule has 2 unspecified atom stereocenters. The summed E-state index contributed by atoms with van der Waals surface area (Å²) in [6.45, 7) is 9.12. The van der Waals surface area contributed by atoms with Crippen LogP contribution in [0.1, 0.15) is 68.8 Å². The summed E-state index contributed by atoms with van der Waals surface area (Å²) in [4.78, 5) is 12.3. The van der Waals surface area contributed by atoms with Crippen LogP contribution in [0.5, 0.6) is 0 Å². The van der Waals surface area contributed by atoms with Crippen LogP contribution < -0.4 is 5.32 Å². The van der Waals surface area contributed by atoms with E-state index in [4.69, 9.17) is 0 Å². The highest BCUT2D eigenvalue weighted by atomic mass is 79.9. The van der Waals surface area contributed by atoms with Crippen molar-refractivity contribution >= 4 is 21.8 Å². The number of amides is 1. The maximum Gasteiger partial charge on any atom is 0.222 e. The lowest BCUT2D eigenvalue weighted by molar-refractivity contribution is -0.122. The zero-order chi connectivity index (χ0) is 18.4. The van der Waals surface area contributed by atoms with E-state index in [1.54, 1.807) is 6.20 Å². The molecule has 0 spiro atoms. The van der Waals surface area contributed by atoms with Gasteiger partial charge in [0.2, 0.25) is 5.91 Å². The summed E-state index contributed by atoms with van der Waals surface area (Å²) in [5, 5.41) is 7.42. The number of hydrogen-bond acceptors (Lipinski definition) is 2. The fraction of sp³-hybridized carbons (Fsp3) is 0.500. The molecule has 2 atom stereocenters. The van der Waals surface area contributed by atoms with Gasteiger partial charge in [-0.25, -0.2) is 0 Å².